The van der Waals surface area contributed by atoms with Gasteiger partial charge in [-0.1, -0.05) is 11.6 Å². The third-order valence-corrected chi connectivity index (χ3v) is 6.62. The summed E-state index contributed by atoms with van der Waals surface area (Å²) in [7, 11) is 0. The first-order valence-electron chi connectivity index (χ1n) is 11.6. The average Bonchev–Trinajstić information content (AvgIpc) is 3.54. The smallest absolute Gasteiger partial charge is 0.0565 e. The number of hydrogen-bond donors (Lipinski definition) is 0. The quantitative estimate of drug-likeness (QED) is 0.231. The molecule has 2 heterocycles. The van der Waals surface area contributed by atoms with Crippen molar-refractivity contribution in [1.82, 2.24) is 14.5 Å². The van der Waals surface area contributed by atoms with E-state index in [1.54, 1.807) is 0 Å². The van der Waals surface area contributed by atoms with Gasteiger partial charge in [0.05, 0.1) is 11.5 Å². The van der Waals surface area contributed by atoms with Crippen LogP contribution in [0.15, 0.2) is 66.9 Å². The molecule has 4 aromatic rings. The van der Waals surface area contributed by atoms with Crippen LogP contribution in [-0.4, -0.2) is 14.5 Å². The molecule has 2 aliphatic rings. The van der Waals surface area contributed by atoms with Gasteiger partial charge in [0.1, 0.15) is 0 Å². The molecule has 2 aromatic heterocycles. The van der Waals surface area contributed by atoms with Crippen LogP contribution in [0.5, 0.6) is 0 Å². The van der Waals surface area contributed by atoms with Crippen molar-refractivity contribution in [2.75, 3.05) is 0 Å². The molecule has 2 aliphatic carbocycles. The van der Waals surface area contributed by atoms with Gasteiger partial charge in [-0.25, -0.2) is 0 Å². The summed E-state index contributed by atoms with van der Waals surface area (Å²) >= 11 is 0. The number of fused-ring (bicyclic) bond motifs is 5. The maximum atomic E-state index is 5.00. The molecule has 2 aromatic carbocycles. The molecule has 0 saturated heterocycles. The minimum atomic E-state index is 0. The first-order valence-corrected chi connectivity index (χ1v) is 11.6. The van der Waals surface area contributed by atoms with Crippen molar-refractivity contribution in [3.63, 3.8) is 0 Å². The third kappa shape index (κ3) is 4.60. The molecule has 2 unspecified atom stereocenters. The van der Waals surface area contributed by atoms with Gasteiger partial charge < -0.3 is 9.55 Å². The summed E-state index contributed by atoms with van der Waals surface area (Å²) in [5.41, 5.74) is 7.30. The minimum Gasteiger partial charge on any atom is -0.365 e. The Morgan fingerprint density at radius 1 is 0.909 bits per heavy atom. The Labute approximate surface area is 210 Å². The van der Waals surface area contributed by atoms with E-state index in [0.717, 1.165) is 34.5 Å². The first kappa shape index (κ1) is 23.6. The van der Waals surface area contributed by atoms with Crippen LogP contribution < -0.4 is 0 Å². The zero-order chi connectivity index (χ0) is 22.1. The molecule has 1 radical (unpaired) electrons. The average molecular weight is 612 g/mol. The van der Waals surface area contributed by atoms with E-state index < -0.39 is 0 Å². The van der Waals surface area contributed by atoms with Gasteiger partial charge in [-0.15, -0.1) is 71.8 Å². The normalized spacial score (nSPS) is 17.8. The molecular weight excluding hydrogens is 583 g/mol. The Hall–Kier alpha value is -2.55. The van der Waals surface area contributed by atoms with Crippen molar-refractivity contribution >= 4 is 0 Å². The van der Waals surface area contributed by atoms with E-state index >= 15 is 0 Å². The number of aromatic nitrogens is 3. The molecule has 33 heavy (non-hydrogen) atoms. The Kier molecular flexibility index (Phi) is 7.26. The molecule has 1 saturated carbocycles. The van der Waals surface area contributed by atoms with Gasteiger partial charge >= 0.3 is 0 Å². The summed E-state index contributed by atoms with van der Waals surface area (Å²) in [5, 5.41) is 0. The number of nitrogens with zero attached hydrogens (tertiary/aromatic N) is 3. The van der Waals surface area contributed by atoms with E-state index in [0.29, 0.717) is 6.04 Å². The van der Waals surface area contributed by atoms with E-state index in [9.17, 15) is 0 Å². The second-order valence-corrected chi connectivity index (χ2v) is 9.10. The van der Waals surface area contributed by atoms with Crippen LogP contribution in [0.4, 0.5) is 0 Å². The van der Waals surface area contributed by atoms with Crippen molar-refractivity contribution in [3.05, 3.63) is 95.9 Å². The van der Waals surface area contributed by atoms with E-state index in [-0.39, 0.29) is 20.1 Å². The van der Waals surface area contributed by atoms with Crippen molar-refractivity contribution in [2.24, 2.45) is 0 Å². The molecule has 6 rings (SSSR count). The third-order valence-electron chi connectivity index (χ3n) is 6.62. The number of aryl methyl sites for hydroxylation is 1. The van der Waals surface area contributed by atoms with Gasteiger partial charge in [-0.05, 0) is 51.8 Å². The number of benzene rings is 2. The van der Waals surface area contributed by atoms with Gasteiger partial charge in [-0.2, -0.15) is 0 Å². The molecule has 0 amide bonds. The monoisotopic (exact) mass is 612 g/mol. The fourth-order valence-electron chi connectivity index (χ4n) is 5.20. The predicted molar refractivity (Wildman–Crippen MR) is 129 cm³/mol. The molecule has 0 N–H and O–H groups in total. The van der Waals surface area contributed by atoms with Crippen LogP contribution >= 0.6 is 0 Å². The summed E-state index contributed by atoms with van der Waals surface area (Å²) in [6.07, 6.45) is 5.84. The molecule has 0 spiro atoms. The summed E-state index contributed by atoms with van der Waals surface area (Å²) in [6, 6.07) is 27.1. The van der Waals surface area contributed by atoms with Gasteiger partial charge in [0.25, 0.3) is 0 Å². The Morgan fingerprint density at radius 3 is 2.24 bits per heavy atom. The van der Waals surface area contributed by atoms with Crippen LogP contribution in [-0.2, 0) is 20.1 Å². The SMILES string of the molecule is CC(C)n1c(-c2[c-]cccc2)nc2c1C1CCC2C1.Cc1cccnc1-c1[c-]cccc1.[Ir]. The number of hydrogen-bond acceptors (Lipinski definition) is 2. The summed E-state index contributed by atoms with van der Waals surface area (Å²) in [6.45, 7) is 6.59. The van der Waals surface area contributed by atoms with Crippen LogP contribution in [0.25, 0.3) is 22.6 Å². The zero-order valence-electron chi connectivity index (χ0n) is 19.4. The molecule has 0 aliphatic heterocycles. The minimum absolute atomic E-state index is 0. The molecule has 3 nitrogen and oxygen atoms in total. The van der Waals surface area contributed by atoms with Crippen molar-refractivity contribution in [3.8, 4) is 22.6 Å². The molecule has 171 valence electrons. The van der Waals surface area contributed by atoms with Gasteiger partial charge in [0, 0.05) is 49.9 Å². The Balaban J connectivity index is 0.000000164. The maximum absolute atomic E-state index is 5.00. The molecular formula is C29H29IrN3-2. The predicted octanol–water partition coefficient (Wildman–Crippen LogP) is 7.15. The van der Waals surface area contributed by atoms with E-state index in [2.05, 4.69) is 60.7 Å². The Bertz CT molecular complexity index is 1200. The summed E-state index contributed by atoms with van der Waals surface area (Å²) in [4.78, 5) is 9.31. The van der Waals surface area contributed by atoms with Crippen molar-refractivity contribution in [1.29, 1.82) is 0 Å². The second kappa shape index (κ2) is 10.2. The number of pyridine rings is 1. The number of imidazole rings is 1. The summed E-state index contributed by atoms with van der Waals surface area (Å²) in [5.74, 6) is 2.60. The van der Waals surface area contributed by atoms with Crippen molar-refractivity contribution in [2.45, 2.75) is 57.9 Å². The Morgan fingerprint density at radius 2 is 1.61 bits per heavy atom. The van der Waals surface area contributed by atoms with E-state index in [1.807, 2.05) is 48.7 Å². The van der Waals surface area contributed by atoms with Crippen molar-refractivity contribution < 1.29 is 20.1 Å². The van der Waals surface area contributed by atoms with Gasteiger partial charge in [0.15, 0.2) is 0 Å². The van der Waals surface area contributed by atoms with Crippen LogP contribution in [0.3, 0.4) is 0 Å². The summed E-state index contributed by atoms with van der Waals surface area (Å²) < 4.78 is 2.46. The topological polar surface area (TPSA) is 30.7 Å². The molecule has 1 fully saturated rings. The maximum Gasteiger partial charge on any atom is 0.0565 e. The number of rotatable bonds is 3. The van der Waals surface area contributed by atoms with Crippen LogP contribution in [0.2, 0.25) is 0 Å². The van der Waals surface area contributed by atoms with Crippen LogP contribution in [0.1, 0.15) is 67.9 Å². The molecule has 2 bridgehead atoms. The van der Waals surface area contributed by atoms with Crippen LogP contribution in [0, 0.1) is 19.1 Å². The van der Waals surface area contributed by atoms with E-state index in [1.165, 1.54) is 36.2 Å². The van der Waals surface area contributed by atoms with Gasteiger partial charge in [0.2, 0.25) is 0 Å². The largest absolute Gasteiger partial charge is 0.365 e. The fraction of sp³-hybridized carbons (Fsp3) is 0.310. The second-order valence-electron chi connectivity index (χ2n) is 9.10. The fourth-order valence-corrected chi connectivity index (χ4v) is 5.20. The standard InChI is InChI=1S/C17H19N2.C12H10N.Ir/c1-11(2)19-16-14-9-8-13(10-14)15(16)18-17(19)12-6-4-3-5-7-12;1-10-6-5-9-13-12(10)11-7-3-2-4-8-11;/h3-6,11,13-14H,8-10H2,1-2H3;2-7,9H,1H3;/q2*-1;. The van der Waals surface area contributed by atoms with E-state index in [4.69, 9.17) is 4.98 Å². The van der Waals surface area contributed by atoms with Gasteiger partial charge in [-0.3, -0.25) is 4.98 Å². The zero-order valence-corrected chi connectivity index (χ0v) is 21.8. The molecule has 4 heteroatoms. The molecule has 2 atom stereocenters. The first-order chi connectivity index (χ1) is 15.6.